The maximum Gasteiger partial charge on any atom is 0.251 e. The quantitative estimate of drug-likeness (QED) is 0.821. The summed E-state index contributed by atoms with van der Waals surface area (Å²) in [4.78, 5) is 12.0. The Balaban J connectivity index is 1.57. The van der Waals surface area contributed by atoms with Crippen molar-refractivity contribution in [3.63, 3.8) is 0 Å². The Kier molecular flexibility index (Phi) is 5.33. The third-order valence-electron chi connectivity index (χ3n) is 3.85. The third kappa shape index (κ3) is 3.86. The van der Waals surface area contributed by atoms with Crippen molar-refractivity contribution in [1.29, 1.82) is 0 Å². The summed E-state index contributed by atoms with van der Waals surface area (Å²) >= 11 is 0. The minimum absolute atomic E-state index is 0.0230. The van der Waals surface area contributed by atoms with Crippen molar-refractivity contribution < 1.29 is 14.3 Å². The molecule has 0 spiro atoms. The minimum Gasteiger partial charge on any atom is -0.454 e. The van der Waals surface area contributed by atoms with E-state index in [0.717, 1.165) is 29.0 Å². The van der Waals surface area contributed by atoms with Crippen molar-refractivity contribution >= 4 is 5.91 Å². The lowest BCUT2D eigenvalue weighted by Gasteiger charge is -2.09. The first-order valence-corrected chi connectivity index (χ1v) is 8.23. The molecule has 0 fully saturated rings. The average molecular weight is 326 g/mol. The molecule has 1 amide bonds. The van der Waals surface area contributed by atoms with Crippen LogP contribution < -0.4 is 20.1 Å². The lowest BCUT2D eigenvalue weighted by molar-refractivity contribution is 0.0953. The second kappa shape index (κ2) is 7.84. The number of hydrogen-bond donors (Lipinski definition) is 2. The van der Waals surface area contributed by atoms with Gasteiger partial charge in [0.1, 0.15) is 0 Å². The first-order valence-electron chi connectivity index (χ1n) is 8.23. The Bertz CT molecular complexity index is 716. The summed E-state index contributed by atoms with van der Waals surface area (Å²) in [5.41, 5.74) is 2.84. The molecule has 2 N–H and O–H groups in total. The highest BCUT2D eigenvalue weighted by molar-refractivity contribution is 5.94. The summed E-state index contributed by atoms with van der Waals surface area (Å²) in [5, 5.41) is 6.29. The van der Waals surface area contributed by atoms with Gasteiger partial charge in [0.05, 0.1) is 0 Å². The van der Waals surface area contributed by atoms with E-state index in [1.807, 2.05) is 49.4 Å². The second-order valence-electron chi connectivity index (χ2n) is 5.71. The monoisotopic (exact) mass is 326 g/mol. The molecule has 126 valence electrons. The zero-order valence-corrected chi connectivity index (χ0v) is 13.8. The van der Waals surface area contributed by atoms with Crippen LogP contribution in [0.5, 0.6) is 11.5 Å². The van der Waals surface area contributed by atoms with Gasteiger partial charge < -0.3 is 20.1 Å². The van der Waals surface area contributed by atoms with E-state index in [0.29, 0.717) is 25.2 Å². The number of amides is 1. The van der Waals surface area contributed by atoms with Crippen molar-refractivity contribution in [3.05, 3.63) is 59.2 Å². The maximum atomic E-state index is 12.0. The highest BCUT2D eigenvalue weighted by atomic mass is 16.7. The van der Waals surface area contributed by atoms with Crippen LogP contribution in [0.3, 0.4) is 0 Å². The molecule has 0 aliphatic carbocycles. The minimum atomic E-state index is -0.0230. The summed E-state index contributed by atoms with van der Waals surface area (Å²) in [6.07, 6.45) is 0.931. The van der Waals surface area contributed by atoms with Crippen LogP contribution in [0.25, 0.3) is 0 Å². The fourth-order valence-corrected chi connectivity index (χ4v) is 2.63. The molecule has 24 heavy (non-hydrogen) atoms. The largest absolute Gasteiger partial charge is 0.454 e. The van der Waals surface area contributed by atoms with Gasteiger partial charge in [-0.25, -0.2) is 0 Å². The number of carbonyl (C=O) groups is 1. The molecule has 0 radical (unpaired) electrons. The number of fused-ring (bicyclic) bond motifs is 1. The second-order valence-corrected chi connectivity index (χ2v) is 5.71. The molecule has 0 atom stereocenters. The zero-order chi connectivity index (χ0) is 16.8. The average Bonchev–Trinajstić information content (AvgIpc) is 3.09. The first kappa shape index (κ1) is 16.3. The van der Waals surface area contributed by atoms with Crippen LogP contribution in [-0.2, 0) is 13.1 Å². The molecule has 1 aliphatic rings. The van der Waals surface area contributed by atoms with Gasteiger partial charge in [-0.3, -0.25) is 4.79 Å². The van der Waals surface area contributed by atoms with E-state index in [1.165, 1.54) is 0 Å². The van der Waals surface area contributed by atoms with E-state index in [9.17, 15) is 4.79 Å². The molecule has 0 aromatic heterocycles. The molecule has 2 aromatic rings. The highest BCUT2D eigenvalue weighted by Crippen LogP contribution is 2.35. The van der Waals surface area contributed by atoms with Gasteiger partial charge in [0.15, 0.2) is 11.5 Å². The molecule has 3 rings (SSSR count). The summed E-state index contributed by atoms with van der Waals surface area (Å²) in [6, 6.07) is 13.6. The van der Waals surface area contributed by atoms with Crippen LogP contribution in [0, 0.1) is 0 Å². The van der Waals surface area contributed by atoms with E-state index >= 15 is 0 Å². The van der Waals surface area contributed by atoms with Crippen molar-refractivity contribution in [2.24, 2.45) is 0 Å². The molecule has 1 heterocycles. The smallest absolute Gasteiger partial charge is 0.251 e. The Labute approximate surface area is 142 Å². The lowest BCUT2D eigenvalue weighted by Crippen LogP contribution is -2.24. The van der Waals surface area contributed by atoms with Gasteiger partial charge in [-0.2, -0.15) is 0 Å². The summed E-state index contributed by atoms with van der Waals surface area (Å²) < 4.78 is 10.9. The molecule has 0 saturated carbocycles. The SMILES string of the molecule is CCCNC(=O)c1cccc(CNCc2cccc3c2OCO3)c1. The molecular formula is C19H22N2O3. The van der Waals surface area contributed by atoms with Crippen LogP contribution in [0.2, 0.25) is 0 Å². The number of rotatable bonds is 7. The fourth-order valence-electron chi connectivity index (χ4n) is 2.63. The molecule has 0 bridgehead atoms. The van der Waals surface area contributed by atoms with Gasteiger partial charge in [-0.1, -0.05) is 31.2 Å². The van der Waals surface area contributed by atoms with Crippen molar-refractivity contribution in [1.82, 2.24) is 10.6 Å². The number of benzene rings is 2. The Hall–Kier alpha value is -2.53. The molecule has 5 nitrogen and oxygen atoms in total. The molecule has 2 aromatic carbocycles. The van der Waals surface area contributed by atoms with Crippen LogP contribution in [0.1, 0.15) is 34.8 Å². The van der Waals surface area contributed by atoms with E-state index in [2.05, 4.69) is 10.6 Å². The normalized spacial score (nSPS) is 12.2. The summed E-state index contributed by atoms with van der Waals surface area (Å²) in [5.74, 6) is 1.59. The van der Waals surface area contributed by atoms with Crippen LogP contribution in [-0.4, -0.2) is 19.2 Å². The fraction of sp³-hybridized carbons (Fsp3) is 0.316. The molecule has 0 saturated heterocycles. The first-order chi connectivity index (χ1) is 11.8. The molecule has 1 aliphatic heterocycles. The van der Waals surface area contributed by atoms with Gasteiger partial charge in [0.25, 0.3) is 5.91 Å². The molecular weight excluding hydrogens is 304 g/mol. The van der Waals surface area contributed by atoms with Crippen molar-refractivity contribution in [2.75, 3.05) is 13.3 Å². The van der Waals surface area contributed by atoms with Gasteiger partial charge in [-0.05, 0) is 30.2 Å². The van der Waals surface area contributed by atoms with Crippen LogP contribution in [0.4, 0.5) is 0 Å². The van der Waals surface area contributed by atoms with Crippen molar-refractivity contribution in [2.45, 2.75) is 26.4 Å². The van der Waals surface area contributed by atoms with E-state index < -0.39 is 0 Å². The van der Waals surface area contributed by atoms with Gasteiger partial charge >= 0.3 is 0 Å². The van der Waals surface area contributed by atoms with E-state index in [-0.39, 0.29) is 12.7 Å². The van der Waals surface area contributed by atoms with Crippen LogP contribution in [0.15, 0.2) is 42.5 Å². The predicted octanol–water partition coefficient (Wildman–Crippen LogP) is 2.84. The number of para-hydroxylation sites is 1. The number of hydrogen-bond acceptors (Lipinski definition) is 4. The van der Waals surface area contributed by atoms with Gasteiger partial charge in [0.2, 0.25) is 6.79 Å². The number of ether oxygens (including phenoxy) is 2. The topological polar surface area (TPSA) is 59.6 Å². The predicted molar refractivity (Wildman–Crippen MR) is 92.2 cm³/mol. The lowest BCUT2D eigenvalue weighted by atomic mass is 10.1. The number of nitrogens with one attached hydrogen (secondary N) is 2. The highest BCUT2D eigenvalue weighted by Gasteiger charge is 2.16. The number of carbonyl (C=O) groups excluding carboxylic acids is 1. The Morgan fingerprint density at radius 3 is 2.88 bits per heavy atom. The van der Waals surface area contributed by atoms with E-state index in [1.54, 1.807) is 0 Å². The summed E-state index contributed by atoms with van der Waals surface area (Å²) in [6.45, 7) is 4.37. The maximum absolute atomic E-state index is 12.0. The molecule has 5 heteroatoms. The standard InChI is InChI=1S/C19H22N2O3/c1-2-9-21-19(22)15-6-3-5-14(10-15)11-20-12-16-7-4-8-17-18(16)24-13-23-17/h3-8,10,20H,2,9,11-13H2,1H3,(H,21,22). The Morgan fingerprint density at radius 1 is 1.12 bits per heavy atom. The molecule has 0 unspecified atom stereocenters. The van der Waals surface area contributed by atoms with E-state index in [4.69, 9.17) is 9.47 Å². The van der Waals surface area contributed by atoms with Gasteiger partial charge in [0, 0.05) is 30.8 Å². The van der Waals surface area contributed by atoms with Crippen molar-refractivity contribution in [3.8, 4) is 11.5 Å². The van der Waals surface area contributed by atoms with Gasteiger partial charge in [-0.15, -0.1) is 0 Å². The van der Waals surface area contributed by atoms with Crippen LogP contribution >= 0.6 is 0 Å². The third-order valence-corrected chi connectivity index (χ3v) is 3.85. The summed E-state index contributed by atoms with van der Waals surface area (Å²) in [7, 11) is 0. The zero-order valence-electron chi connectivity index (χ0n) is 13.8. The Morgan fingerprint density at radius 2 is 2.00 bits per heavy atom.